The minimum atomic E-state index is 0.483. The van der Waals surface area contributed by atoms with Crippen LogP contribution in [0.3, 0.4) is 0 Å². The molecular weight excluding hydrogens is 729 g/mol. The Labute approximate surface area is 350 Å². The van der Waals surface area contributed by atoms with Crippen LogP contribution in [0.1, 0.15) is 27.8 Å². The van der Waals surface area contributed by atoms with E-state index in [4.69, 9.17) is 6.57 Å². The van der Waals surface area contributed by atoms with Gasteiger partial charge < -0.3 is 9.80 Å². The minimum absolute atomic E-state index is 0.483. The van der Waals surface area contributed by atoms with E-state index in [9.17, 15) is 5.26 Å². The number of hydrogen-bond acceptors (Lipinski definition) is 3. The van der Waals surface area contributed by atoms with Crippen LogP contribution in [0.15, 0.2) is 206 Å². The lowest BCUT2D eigenvalue weighted by molar-refractivity contribution is 1.30. The lowest BCUT2D eigenvalue weighted by Crippen LogP contribution is -2.10. The van der Waals surface area contributed by atoms with Crippen molar-refractivity contribution < 1.29 is 0 Å². The van der Waals surface area contributed by atoms with Gasteiger partial charge in [0, 0.05) is 33.5 Å². The average molecular weight is 767 g/mol. The molecule has 9 aromatic rings. The second kappa shape index (κ2) is 17.0. The summed E-state index contributed by atoms with van der Waals surface area (Å²) in [5.41, 5.74) is 10.8. The quantitative estimate of drug-likeness (QED) is 0.103. The van der Waals surface area contributed by atoms with E-state index in [0.717, 1.165) is 45.3 Å². The zero-order valence-electron chi connectivity index (χ0n) is 32.7. The molecule has 0 spiro atoms. The summed E-state index contributed by atoms with van der Waals surface area (Å²) < 4.78 is 0. The van der Waals surface area contributed by atoms with E-state index in [0.29, 0.717) is 22.4 Å². The second-order valence-corrected chi connectivity index (χ2v) is 14.4. The van der Waals surface area contributed by atoms with E-state index < -0.39 is 0 Å². The Kier molecular flexibility index (Phi) is 10.5. The summed E-state index contributed by atoms with van der Waals surface area (Å²) in [6.07, 6.45) is 7.83. The van der Waals surface area contributed by atoms with Crippen LogP contribution in [0.4, 0.5) is 39.8 Å². The molecule has 0 radical (unpaired) electrons. The maximum Gasteiger partial charge on any atom is 0.194 e. The van der Waals surface area contributed by atoms with Crippen molar-refractivity contribution in [3.63, 3.8) is 0 Å². The fourth-order valence-corrected chi connectivity index (χ4v) is 7.74. The topological polar surface area (TPSA) is 34.6 Å². The predicted octanol–water partition coefficient (Wildman–Crippen LogP) is 15.7. The number of nitriles is 1. The van der Waals surface area contributed by atoms with Gasteiger partial charge in [0.2, 0.25) is 0 Å². The van der Waals surface area contributed by atoms with Gasteiger partial charge in [-0.05, 0) is 106 Å². The molecule has 282 valence electrons. The molecule has 0 fully saturated rings. The first-order chi connectivity index (χ1) is 29.7. The van der Waals surface area contributed by atoms with Crippen LogP contribution in [-0.2, 0) is 0 Å². The van der Waals surface area contributed by atoms with Gasteiger partial charge in [-0.1, -0.05) is 158 Å². The SMILES string of the molecule is [C-]#[N+]c1cc(C=Cc2ccc(N(c3ccccc3)c3cccc4ccccc34)cc2)c(C#N)cc1C=Cc1ccc(N(c2ccccc2)c2cccc3ccccc23)cc1. The predicted molar refractivity (Wildman–Crippen MR) is 253 cm³/mol. The number of anilines is 6. The van der Waals surface area contributed by atoms with Gasteiger partial charge in [0.25, 0.3) is 0 Å². The van der Waals surface area contributed by atoms with Gasteiger partial charge in [0.05, 0.1) is 29.6 Å². The maximum atomic E-state index is 10.2. The van der Waals surface area contributed by atoms with E-state index in [1.54, 1.807) is 12.1 Å². The standard InChI is InChI=1S/C56H38N4/c1-58-54-39-45(32-26-41-28-34-50(35-29-41)59(48-18-4-2-5-19-48)55-24-12-16-43-14-8-10-22-52(43)55)47(40-57)38-46(54)33-27-42-30-36-51(37-31-42)60(49-20-6-3-7-21-49)56-25-13-17-44-15-9-11-23-53(44)56/h2-39H. The molecule has 0 unspecified atom stereocenters. The minimum Gasteiger partial charge on any atom is -0.310 e. The van der Waals surface area contributed by atoms with E-state index in [2.05, 4.69) is 203 Å². The van der Waals surface area contributed by atoms with E-state index in [1.807, 2.05) is 36.4 Å². The molecule has 0 aliphatic heterocycles. The summed E-state index contributed by atoms with van der Waals surface area (Å²) in [6.45, 7) is 8.01. The summed E-state index contributed by atoms with van der Waals surface area (Å²) in [7, 11) is 0. The first-order valence-electron chi connectivity index (χ1n) is 19.8. The highest BCUT2D eigenvalue weighted by atomic mass is 15.1. The normalized spacial score (nSPS) is 11.2. The number of fused-ring (bicyclic) bond motifs is 2. The van der Waals surface area contributed by atoms with E-state index in [-0.39, 0.29) is 0 Å². The molecule has 60 heavy (non-hydrogen) atoms. The Balaban J connectivity index is 0.967. The van der Waals surface area contributed by atoms with Crippen molar-refractivity contribution in [2.24, 2.45) is 0 Å². The highest BCUT2D eigenvalue weighted by Crippen LogP contribution is 2.40. The molecule has 0 saturated heterocycles. The summed E-state index contributed by atoms with van der Waals surface area (Å²) >= 11 is 0. The number of hydrogen-bond donors (Lipinski definition) is 0. The van der Waals surface area contributed by atoms with Crippen molar-refractivity contribution in [1.29, 1.82) is 5.26 Å². The zero-order valence-corrected chi connectivity index (χ0v) is 32.7. The first-order valence-corrected chi connectivity index (χ1v) is 19.8. The van der Waals surface area contributed by atoms with Crippen molar-refractivity contribution in [3.8, 4) is 6.07 Å². The Morgan fingerprint density at radius 2 is 0.833 bits per heavy atom. The Morgan fingerprint density at radius 1 is 0.417 bits per heavy atom. The van der Waals surface area contributed by atoms with Crippen LogP contribution >= 0.6 is 0 Å². The summed E-state index contributed by atoms with van der Waals surface area (Å²) in [4.78, 5) is 8.41. The summed E-state index contributed by atoms with van der Waals surface area (Å²) in [5, 5.41) is 14.9. The molecule has 9 aromatic carbocycles. The summed E-state index contributed by atoms with van der Waals surface area (Å²) in [5.74, 6) is 0. The molecule has 0 amide bonds. The van der Waals surface area contributed by atoms with Crippen molar-refractivity contribution >= 4 is 85.7 Å². The maximum absolute atomic E-state index is 10.2. The van der Waals surface area contributed by atoms with Crippen LogP contribution in [0.2, 0.25) is 0 Å². The van der Waals surface area contributed by atoms with Crippen LogP contribution in [0, 0.1) is 17.9 Å². The van der Waals surface area contributed by atoms with Gasteiger partial charge in [0.1, 0.15) is 0 Å². The Morgan fingerprint density at radius 3 is 1.30 bits per heavy atom. The van der Waals surface area contributed by atoms with E-state index in [1.165, 1.54) is 21.5 Å². The molecule has 0 bridgehead atoms. The van der Waals surface area contributed by atoms with Gasteiger partial charge in [-0.15, -0.1) is 0 Å². The smallest absolute Gasteiger partial charge is 0.194 e. The zero-order chi connectivity index (χ0) is 40.7. The highest BCUT2D eigenvalue weighted by molar-refractivity contribution is 6.00. The number of rotatable bonds is 10. The van der Waals surface area contributed by atoms with Crippen LogP contribution < -0.4 is 9.80 Å². The third kappa shape index (κ3) is 7.65. The van der Waals surface area contributed by atoms with E-state index >= 15 is 0 Å². The number of para-hydroxylation sites is 2. The molecule has 4 heteroatoms. The van der Waals surface area contributed by atoms with Crippen LogP contribution in [-0.4, -0.2) is 0 Å². The molecule has 0 atom stereocenters. The third-order valence-corrected chi connectivity index (χ3v) is 10.7. The molecule has 0 N–H and O–H groups in total. The monoisotopic (exact) mass is 766 g/mol. The molecule has 4 nitrogen and oxygen atoms in total. The van der Waals surface area contributed by atoms with Crippen molar-refractivity contribution in [3.05, 3.63) is 245 Å². The third-order valence-electron chi connectivity index (χ3n) is 10.7. The fourth-order valence-electron chi connectivity index (χ4n) is 7.74. The van der Waals surface area contributed by atoms with Crippen molar-refractivity contribution in [2.75, 3.05) is 9.80 Å². The van der Waals surface area contributed by atoms with Gasteiger partial charge in [-0.2, -0.15) is 5.26 Å². The number of nitrogens with zero attached hydrogens (tertiary/aromatic N) is 4. The molecule has 9 rings (SSSR count). The van der Waals surface area contributed by atoms with Gasteiger partial charge in [-0.3, -0.25) is 0 Å². The highest BCUT2D eigenvalue weighted by Gasteiger charge is 2.16. The van der Waals surface area contributed by atoms with Crippen molar-refractivity contribution in [2.45, 2.75) is 0 Å². The molecule has 0 saturated carbocycles. The fraction of sp³-hybridized carbons (Fsp3) is 0. The molecule has 0 aromatic heterocycles. The Bertz CT molecular complexity index is 2870. The molecule has 0 aliphatic rings. The van der Waals surface area contributed by atoms with Gasteiger partial charge >= 0.3 is 0 Å². The van der Waals surface area contributed by atoms with Crippen LogP contribution in [0.25, 0.3) is 50.7 Å². The van der Waals surface area contributed by atoms with Gasteiger partial charge in [-0.25, -0.2) is 4.85 Å². The lowest BCUT2D eigenvalue weighted by atomic mass is 10.0. The number of benzene rings is 9. The van der Waals surface area contributed by atoms with Crippen molar-refractivity contribution in [1.82, 2.24) is 0 Å². The van der Waals surface area contributed by atoms with Gasteiger partial charge in [0.15, 0.2) is 5.69 Å². The van der Waals surface area contributed by atoms with Crippen LogP contribution in [0.5, 0.6) is 0 Å². The molecular formula is C56H38N4. The largest absolute Gasteiger partial charge is 0.310 e. The second-order valence-electron chi connectivity index (χ2n) is 14.4. The first kappa shape index (κ1) is 37.2. The lowest BCUT2D eigenvalue weighted by Gasteiger charge is -2.27. The Hall–Kier alpha value is -8.44. The molecule has 0 aliphatic carbocycles. The molecule has 0 heterocycles. The summed E-state index contributed by atoms with van der Waals surface area (Å²) in [6, 6.07) is 73.2. The average Bonchev–Trinajstić information content (AvgIpc) is 3.32.